The van der Waals surface area contributed by atoms with Gasteiger partial charge in [-0.05, 0) is 55.2 Å². The summed E-state index contributed by atoms with van der Waals surface area (Å²) < 4.78 is 32.3. The number of sulfonamides is 1. The lowest BCUT2D eigenvalue weighted by Gasteiger charge is -2.26. The molecule has 1 N–H and O–H groups in total. The van der Waals surface area contributed by atoms with E-state index in [0.29, 0.717) is 29.4 Å². The molecule has 0 unspecified atom stereocenters. The summed E-state index contributed by atoms with van der Waals surface area (Å²) in [6, 6.07) is 11.4. The van der Waals surface area contributed by atoms with Gasteiger partial charge in [-0.3, -0.25) is 9.59 Å². The van der Waals surface area contributed by atoms with Gasteiger partial charge in [0.1, 0.15) is 0 Å². The Morgan fingerprint density at radius 2 is 1.74 bits per heavy atom. The average molecular weight is 465 g/mol. The first kappa shape index (κ1) is 23.2. The van der Waals surface area contributed by atoms with Gasteiger partial charge in [0.25, 0.3) is 5.91 Å². The number of aryl methyl sites for hydroxylation is 1. The van der Waals surface area contributed by atoms with Crippen molar-refractivity contribution < 1.29 is 22.7 Å². The maximum atomic E-state index is 12.9. The number of amides is 1. The number of hydrogen-bond donors (Lipinski definition) is 1. The third-order valence-electron chi connectivity index (χ3n) is 5.06. The second kappa shape index (κ2) is 10.3. The molecule has 7 nitrogen and oxygen atoms in total. The van der Waals surface area contributed by atoms with E-state index in [1.165, 1.54) is 10.4 Å². The molecule has 2 aromatic carbocycles. The van der Waals surface area contributed by atoms with E-state index in [1.54, 1.807) is 43.3 Å². The molecule has 1 heterocycles. The molecule has 0 aliphatic carbocycles. The van der Waals surface area contributed by atoms with Crippen LogP contribution >= 0.6 is 11.6 Å². The zero-order valence-corrected chi connectivity index (χ0v) is 18.8. The summed E-state index contributed by atoms with van der Waals surface area (Å²) in [5.41, 5.74) is 1.80. The maximum Gasteiger partial charge on any atom is 0.310 e. The van der Waals surface area contributed by atoms with Gasteiger partial charge >= 0.3 is 5.97 Å². The highest BCUT2D eigenvalue weighted by atomic mass is 35.5. The number of nitrogens with zero attached hydrogens (tertiary/aromatic N) is 1. The van der Waals surface area contributed by atoms with Crippen LogP contribution in [-0.2, 0) is 30.8 Å². The predicted molar refractivity (Wildman–Crippen MR) is 119 cm³/mol. The van der Waals surface area contributed by atoms with Crippen LogP contribution in [0.1, 0.15) is 30.4 Å². The molecule has 0 spiro atoms. The number of nitrogens with one attached hydrogen (secondary N) is 1. The van der Waals surface area contributed by atoms with Crippen molar-refractivity contribution in [3.8, 4) is 0 Å². The first-order valence-corrected chi connectivity index (χ1v) is 11.9. The number of anilines is 1. The van der Waals surface area contributed by atoms with E-state index < -0.39 is 28.5 Å². The highest BCUT2D eigenvalue weighted by Gasteiger charge is 2.26. The minimum atomic E-state index is -3.61. The van der Waals surface area contributed by atoms with Crippen LogP contribution < -0.4 is 5.32 Å². The fraction of sp³-hybridized carbons (Fsp3) is 0.364. The first-order chi connectivity index (χ1) is 14.8. The number of carbonyl (C=O) groups excluding carboxylic acids is 2. The van der Waals surface area contributed by atoms with Crippen LogP contribution in [0.25, 0.3) is 0 Å². The van der Waals surface area contributed by atoms with Crippen molar-refractivity contribution in [2.24, 2.45) is 0 Å². The average Bonchev–Trinajstić information content (AvgIpc) is 2.76. The Labute approximate surface area is 187 Å². The Morgan fingerprint density at radius 3 is 2.42 bits per heavy atom. The van der Waals surface area contributed by atoms with Crippen molar-refractivity contribution in [3.05, 3.63) is 58.6 Å². The van der Waals surface area contributed by atoms with Crippen LogP contribution in [0.15, 0.2) is 47.4 Å². The van der Waals surface area contributed by atoms with Crippen molar-refractivity contribution in [1.82, 2.24) is 4.31 Å². The number of ether oxygens (including phenoxy) is 1. The predicted octanol–water partition coefficient (Wildman–Crippen LogP) is 3.55. The Bertz CT molecular complexity index is 1050. The Hall–Kier alpha value is -2.42. The molecule has 31 heavy (non-hydrogen) atoms. The molecule has 3 rings (SSSR count). The van der Waals surface area contributed by atoms with Crippen LogP contribution in [0.3, 0.4) is 0 Å². The Morgan fingerprint density at radius 1 is 1.06 bits per heavy atom. The van der Waals surface area contributed by atoms with Crippen LogP contribution in [-0.4, -0.2) is 44.3 Å². The highest BCUT2D eigenvalue weighted by Crippen LogP contribution is 2.25. The zero-order chi connectivity index (χ0) is 22.4. The van der Waals surface area contributed by atoms with Gasteiger partial charge in [0.05, 0.1) is 11.3 Å². The van der Waals surface area contributed by atoms with E-state index in [2.05, 4.69) is 5.32 Å². The minimum Gasteiger partial charge on any atom is -0.455 e. The lowest BCUT2D eigenvalue weighted by molar-refractivity contribution is -0.146. The van der Waals surface area contributed by atoms with Gasteiger partial charge in [-0.25, -0.2) is 8.42 Å². The number of piperidine rings is 1. The Kier molecular flexibility index (Phi) is 7.69. The van der Waals surface area contributed by atoms with Gasteiger partial charge in [-0.2, -0.15) is 4.31 Å². The van der Waals surface area contributed by atoms with E-state index in [4.69, 9.17) is 16.3 Å². The molecular formula is C22H25ClN2O5S. The normalized spacial score (nSPS) is 14.8. The van der Waals surface area contributed by atoms with Crippen LogP contribution in [0, 0.1) is 6.92 Å². The molecule has 166 valence electrons. The van der Waals surface area contributed by atoms with Crippen LogP contribution in [0.4, 0.5) is 5.69 Å². The largest absolute Gasteiger partial charge is 0.455 e. The molecule has 0 saturated carbocycles. The van der Waals surface area contributed by atoms with E-state index in [9.17, 15) is 18.0 Å². The molecule has 2 aromatic rings. The molecule has 1 aliphatic heterocycles. The molecule has 1 amide bonds. The van der Waals surface area contributed by atoms with Gasteiger partial charge in [0.15, 0.2) is 6.61 Å². The van der Waals surface area contributed by atoms with Gasteiger partial charge in [-0.1, -0.05) is 36.2 Å². The summed E-state index contributed by atoms with van der Waals surface area (Å²) in [7, 11) is -3.61. The molecule has 0 bridgehead atoms. The minimum absolute atomic E-state index is 0.0209. The molecule has 1 aliphatic rings. The number of hydrogen-bond acceptors (Lipinski definition) is 5. The fourth-order valence-corrected chi connectivity index (χ4v) is 4.97. The van der Waals surface area contributed by atoms with E-state index >= 15 is 0 Å². The molecule has 0 aromatic heterocycles. The molecule has 1 saturated heterocycles. The SMILES string of the molecule is Cc1ccc(S(=O)(=O)N2CCCCC2)cc1NC(=O)COC(=O)Cc1ccc(Cl)cc1. The number of esters is 1. The zero-order valence-electron chi connectivity index (χ0n) is 17.3. The van der Waals surface area contributed by atoms with Crippen molar-refractivity contribution in [1.29, 1.82) is 0 Å². The lowest BCUT2D eigenvalue weighted by atomic mass is 10.1. The van der Waals surface area contributed by atoms with E-state index in [1.807, 2.05) is 0 Å². The van der Waals surface area contributed by atoms with Crippen LogP contribution in [0.5, 0.6) is 0 Å². The molecule has 0 atom stereocenters. The summed E-state index contributed by atoms with van der Waals surface area (Å²) in [6.45, 7) is 2.30. The summed E-state index contributed by atoms with van der Waals surface area (Å²) in [5.74, 6) is -1.09. The molecule has 9 heteroatoms. The van der Waals surface area contributed by atoms with Gasteiger partial charge in [0, 0.05) is 23.8 Å². The van der Waals surface area contributed by atoms with E-state index in [0.717, 1.165) is 24.8 Å². The molecular weight excluding hydrogens is 440 g/mol. The lowest BCUT2D eigenvalue weighted by Crippen LogP contribution is -2.35. The number of benzene rings is 2. The summed E-state index contributed by atoms with van der Waals surface area (Å²) >= 11 is 5.81. The van der Waals surface area contributed by atoms with Gasteiger partial charge in [0.2, 0.25) is 10.0 Å². The Balaban J connectivity index is 1.59. The van der Waals surface area contributed by atoms with Crippen molar-refractivity contribution in [2.45, 2.75) is 37.5 Å². The van der Waals surface area contributed by atoms with Crippen molar-refractivity contribution >= 4 is 39.2 Å². The highest BCUT2D eigenvalue weighted by molar-refractivity contribution is 7.89. The van der Waals surface area contributed by atoms with Crippen molar-refractivity contribution in [3.63, 3.8) is 0 Å². The number of halogens is 1. The standard InChI is InChI=1S/C22H25ClN2O5S/c1-16-5-10-19(31(28,29)25-11-3-2-4-12-25)14-20(16)24-21(26)15-30-22(27)13-17-6-8-18(23)9-7-17/h5-10,14H,2-4,11-13,15H2,1H3,(H,24,26). The van der Waals surface area contributed by atoms with Crippen LogP contribution in [0.2, 0.25) is 5.02 Å². The summed E-state index contributed by atoms with van der Waals surface area (Å²) in [5, 5.41) is 3.20. The first-order valence-electron chi connectivity index (χ1n) is 10.1. The van der Waals surface area contributed by atoms with E-state index in [-0.39, 0.29) is 11.3 Å². The third-order valence-corrected chi connectivity index (χ3v) is 7.21. The number of rotatable bonds is 7. The third kappa shape index (κ3) is 6.29. The summed E-state index contributed by atoms with van der Waals surface area (Å²) in [6.07, 6.45) is 2.73. The fourth-order valence-electron chi connectivity index (χ4n) is 3.30. The second-order valence-corrected chi connectivity index (χ2v) is 9.83. The second-order valence-electron chi connectivity index (χ2n) is 7.45. The topological polar surface area (TPSA) is 92.8 Å². The number of carbonyl (C=O) groups is 2. The quantitative estimate of drug-likeness (QED) is 0.632. The smallest absolute Gasteiger partial charge is 0.310 e. The monoisotopic (exact) mass is 464 g/mol. The molecule has 0 radical (unpaired) electrons. The van der Waals surface area contributed by atoms with Crippen molar-refractivity contribution in [2.75, 3.05) is 25.0 Å². The van der Waals surface area contributed by atoms with Gasteiger partial charge in [-0.15, -0.1) is 0 Å². The summed E-state index contributed by atoms with van der Waals surface area (Å²) in [4.78, 5) is 24.4. The molecule has 1 fully saturated rings. The maximum absolute atomic E-state index is 12.9. The van der Waals surface area contributed by atoms with Gasteiger partial charge < -0.3 is 10.1 Å².